The molecule has 0 bridgehead atoms. The first-order valence-corrected chi connectivity index (χ1v) is 7.52. The highest BCUT2D eigenvalue weighted by atomic mass is 19.1. The van der Waals surface area contributed by atoms with Crippen LogP contribution in [0.4, 0.5) is 4.39 Å². The fraction of sp³-hybridized carbons (Fsp3) is 0.0588. The van der Waals surface area contributed by atoms with Gasteiger partial charge in [-0.15, -0.1) is 5.10 Å². The van der Waals surface area contributed by atoms with E-state index in [9.17, 15) is 14.0 Å². The van der Waals surface area contributed by atoms with Crippen LogP contribution in [0.25, 0.3) is 16.6 Å². The third-order valence-electron chi connectivity index (χ3n) is 3.83. The Bertz CT molecular complexity index is 1150. The maximum Gasteiger partial charge on any atom is 0.281 e. The fourth-order valence-electron chi connectivity index (χ4n) is 2.62. The molecule has 4 aromatic rings. The van der Waals surface area contributed by atoms with E-state index in [-0.39, 0.29) is 16.7 Å². The van der Waals surface area contributed by atoms with Gasteiger partial charge < -0.3 is 5.32 Å². The van der Waals surface area contributed by atoms with E-state index in [1.807, 2.05) is 30.3 Å². The molecule has 2 aromatic carbocycles. The van der Waals surface area contributed by atoms with Crippen LogP contribution in [0.5, 0.6) is 0 Å². The number of hydrogen-bond donors (Lipinski definition) is 2. The molecule has 7 nitrogen and oxygen atoms in total. The molecule has 25 heavy (non-hydrogen) atoms. The average molecular weight is 337 g/mol. The highest BCUT2D eigenvalue weighted by Crippen LogP contribution is 2.14. The van der Waals surface area contributed by atoms with Crippen LogP contribution in [0, 0.1) is 5.82 Å². The Morgan fingerprint density at radius 2 is 2.00 bits per heavy atom. The van der Waals surface area contributed by atoms with Crippen molar-refractivity contribution in [3.63, 3.8) is 0 Å². The van der Waals surface area contributed by atoms with Crippen LogP contribution in [-0.4, -0.2) is 25.7 Å². The van der Waals surface area contributed by atoms with E-state index in [4.69, 9.17) is 0 Å². The largest absolute Gasteiger partial charge is 0.346 e. The number of amides is 1. The summed E-state index contributed by atoms with van der Waals surface area (Å²) in [6, 6.07) is 13.2. The Morgan fingerprint density at radius 3 is 2.80 bits per heavy atom. The molecule has 0 aliphatic carbocycles. The second kappa shape index (κ2) is 5.82. The van der Waals surface area contributed by atoms with Crippen LogP contribution < -0.4 is 10.9 Å². The second-order valence-corrected chi connectivity index (χ2v) is 5.47. The number of rotatable bonds is 3. The summed E-state index contributed by atoms with van der Waals surface area (Å²) in [6.45, 7) is 0.321. The van der Waals surface area contributed by atoms with Crippen molar-refractivity contribution in [2.75, 3.05) is 0 Å². The van der Waals surface area contributed by atoms with Crippen LogP contribution in [0.2, 0.25) is 0 Å². The molecule has 1 amide bonds. The molecule has 4 rings (SSSR count). The number of nitrogens with one attached hydrogen (secondary N) is 2. The first-order valence-electron chi connectivity index (χ1n) is 7.52. The molecule has 2 aromatic heterocycles. The maximum absolute atomic E-state index is 13.3. The second-order valence-electron chi connectivity index (χ2n) is 5.47. The third-order valence-corrected chi connectivity index (χ3v) is 3.83. The molecule has 0 aliphatic rings. The number of H-pyrrole nitrogens is 1. The summed E-state index contributed by atoms with van der Waals surface area (Å²) in [5.41, 5.74) is 0.801. The van der Waals surface area contributed by atoms with Crippen molar-refractivity contribution in [1.82, 2.24) is 25.1 Å². The van der Waals surface area contributed by atoms with Gasteiger partial charge in [-0.3, -0.25) is 9.59 Å². The zero-order valence-corrected chi connectivity index (χ0v) is 12.9. The van der Waals surface area contributed by atoms with Crippen molar-refractivity contribution in [3.8, 4) is 0 Å². The average Bonchev–Trinajstić information content (AvgIpc) is 3.04. The Hall–Kier alpha value is -3.55. The highest BCUT2D eigenvalue weighted by Gasteiger charge is 2.18. The van der Waals surface area contributed by atoms with Crippen LogP contribution in [0.1, 0.15) is 16.1 Å². The van der Waals surface area contributed by atoms with Crippen molar-refractivity contribution >= 4 is 22.5 Å². The van der Waals surface area contributed by atoms with Gasteiger partial charge >= 0.3 is 0 Å². The van der Waals surface area contributed by atoms with Gasteiger partial charge in [-0.2, -0.15) is 4.98 Å². The molecular formula is C17H12FN5O2. The van der Waals surface area contributed by atoms with E-state index in [1.54, 1.807) is 0 Å². The zero-order chi connectivity index (χ0) is 17.4. The van der Waals surface area contributed by atoms with Gasteiger partial charge in [0.05, 0.1) is 10.9 Å². The third kappa shape index (κ3) is 2.63. The van der Waals surface area contributed by atoms with Gasteiger partial charge in [0.15, 0.2) is 11.3 Å². The lowest BCUT2D eigenvalue weighted by atomic mass is 10.2. The van der Waals surface area contributed by atoms with E-state index in [1.165, 1.54) is 16.6 Å². The lowest BCUT2D eigenvalue weighted by Crippen LogP contribution is -2.24. The van der Waals surface area contributed by atoms with Crippen molar-refractivity contribution < 1.29 is 9.18 Å². The summed E-state index contributed by atoms with van der Waals surface area (Å²) in [7, 11) is 0. The summed E-state index contributed by atoms with van der Waals surface area (Å²) >= 11 is 0. The predicted octanol–water partition coefficient (Wildman–Crippen LogP) is 1.64. The minimum absolute atomic E-state index is 0.000689. The molecule has 0 unspecified atom stereocenters. The Morgan fingerprint density at radius 1 is 1.20 bits per heavy atom. The molecule has 0 fully saturated rings. The molecule has 8 heteroatoms. The van der Waals surface area contributed by atoms with Crippen molar-refractivity contribution in [3.05, 3.63) is 76.0 Å². The fourth-order valence-corrected chi connectivity index (χ4v) is 2.62. The highest BCUT2D eigenvalue weighted by molar-refractivity contribution is 5.98. The minimum atomic E-state index is -0.618. The quantitative estimate of drug-likeness (QED) is 0.594. The van der Waals surface area contributed by atoms with Gasteiger partial charge in [-0.1, -0.05) is 30.3 Å². The van der Waals surface area contributed by atoms with Crippen LogP contribution >= 0.6 is 0 Å². The standard InChI is InChI=1S/C17H12FN5O2/c18-11-6-7-13-12(8-11)16(24)20-15-14(21-22-23(13)15)17(25)19-9-10-4-2-1-3-5-10/h1-8,22H,9H2,(H,19,25). The predicted molar refractivity (Wildman–Crippen MR) is 88.7 cm³/mol. The van der Waals surface area contributed by atoms with Crippen molar-refractivity contribution in [2.45, 2.75) is 6.54 Å². The summed E-state index contributed by atoms with van der Waals surface area (Å²) in [4.78, 5) is 28.4. The number of nitrogens with zero attached hydrogens (tertiary/aromatic N) is 3. The number of hydrogen-bond acceptors (Lipinski definition) is 4. The first-order chi connectivity index (χ1) is 12.1. The van der Waals surface area contributed by atoms with Gasteiger partial charge in [-0.05, 0) is 23.8 Å². The lowest BCUT2D eigenvalue weighted by molar-refractivity contribution is 0.0947. The number of carbonyl (C=O) groups excluding carboxylic acids is 1. The van der Waals surface area contributed by atoms with E-state index in [2.05, 4.69) is 20.6 Å². The SMILES string of the molecule is O=C(NCc1ccccc1)c1n[nH]n2c1nc(=O)c1cc(F)ccc12. The number of fused-ring (bicyclic) bond motifs is 3. The van der Waals surface area contributed by atoms with E-state index >= 15 is 0 Å². The molecule has 0 saturated heterocycles. The number of benzene rings is 2. The van der Waals surface area contributed by atoms with E-state index < -0.39 is 17.3 Å². The molecule has 0 aliphatic heterocycles. The Kier molecular flexibility index (Phi) is 3.50. The first kappa shape index (κ1) is 15.0. The minimum Gasteiger partial charge on any atom is -0.346 e. The smallest absolute Gasteiger partial charge is 0.281 e. The molecule has 0 radical (unpaired) electrons. The van der Waals surface area contributed by atoms with Gasteiger partial charge in [0, 0.05) is 6.54 Å². The van der Waals surface area contributed by atoms with Crippen LogP contribution in [-0.2, 0) is 6.54 Å². The maximum atomic E-state index is 13.3. The molecular weight excluding hydrogens is 325 g/mol. The molecule has 0 spiro atoms. The normalized spacial score (nSPS) is 11.1. The number of aromatic amines is 1. The molecule has 2 N–H and O–H groups in total. The summed E-state index contributed by atoms with van der Waals surface area (Å²) in [5, 5.41) is 9.43. The Labute approximate surface area is 140 Å². The van der Waals surface area contributed by atoms with E-state index in [0.717, 1.165) is 11.6 Å². The molecule has 0 saturated carbocycles. The molecule has 2 heterocycles. The zero-order valence-electron chi connectivity index (χ0n) is 12.9. The van der Waals surface area contributed by atoms with Crippen molar-refractivity contribution in [1.29, 1.82) is 0 Å². The summed E-state index contributed by atoms with van der Waals surface area (Å²) in [6.07, 6.45) is 0. The van der Waals surface area contributed by atoms with Gasteiger partial charge in [-0.25, -0.2) is 14.1 Å². The number of carbonyl (C=O) groups is 1. The molecule has 124 valence electrons. The van der Waals surface area contributed by atoms with Gasteiger partial charge in [0.25, 0.3) is 11.5 Å². The van der Waals surface area contributed by atoms with E-state index in [0.29, 0.717) is 12.1 Å². The lowest BCUT2D eigenvalue weighted by Gasteiger charge is -2.03. The number of halogens is 1. The molecule has 0 atom stereocenters. The van der Waals surface area contributed by atoms with Crippen LogP contribution in [0.3, 0.4) is 0 Å². The van der Waals surface area contributed by atoms with Crippen LogP contribution in [0.15, 0.2) is 53.3 Å². The van der Waals surface area contributed by atoms with Gasteiger partial charge in [0.1, 0.15) is 5.82 Å². The summed E-state index contributed by atoms with van der Waals surface area (Å²) in [5.74, 6) is -0.998. The van der Waals surface area contributed by atoms with Crippen molar-refractivity contribution in [2.24, 2.45) is 0 Å². The topological polar surface area (TPSA) is 92.2 Å². The van der Waals surface area contributed by atoms with Gasteiger partial charge in [0.2, 0.25) is 0 Å². The number of aromatic nitrogens is 4. The Balaban J connectivity index is 1.73. The summed E-state index contributed by atoms with van der Waals surface area (Å²) < 4.78 is 14.7. The monoisotopic (exact) mass is 337 g/mol.